The summed E-state index contributed by atoms with van der Waals surface area (Å²) < 4.78 is 5.41. The van der Waals surface area contributed by atoms with Crippen LogP contribution in [0.4, 0.5) is 5.69 Å². The SMILES string of the molecule is N=C/C(=C\N)Oc1ccc(N=CC(CN)c2ccccc2)cc1. The molecule has 1 atom stereocenters. The zero-order chi connectivity index (χ0) is 16.5. The lowest BCUT2D eigenvalue weighted by Crippen LogP contribution is -2.13. The van der Waals surface area contributed by atoms with Gasteiger partial charge < -0.3 is 21.6 Å². The maximum Gasteiger partial charge on any atom is 0.160 e. The number of hydrogen-bond acceptors (Lipinski definition) is 5. The first kappa shape index (κ1) is 16.5. The first-order valence-corrected chi connectivity index (χ1v) is 7.26. The number of nitrogens with one attached hydrogen (secondary N) is 1. The Morgan fingerprint density at radius 2 is 1.83 bits per heavy atom. The Labute approximate surface area is 135 Å². The van der Waals surface area contributed by atoms with Crippen molar-refractivity contribution in [2.45, 2.75) is 5.92 Å². The summed E-state index contributed by atoms with van der Waals surface area (Å²) in [6.07, 6.45) is 4.15. The molecule has 5 nitrogen and oxygen atoms in total. The zero-order valence-corrected chi connectivity index (χ0v) is 12.7. The largest absolute Gasteiger partial charge is 0.454 e. The van der Waals surface area contributed by atoms with Gasteiger partial charge in [0.25, 0.3) is 0 Å². The van der Waals surface area contributed by atoms with E-state index in [2.05, 4.69) is 4.99 Å². The van der Waals surface area contributed by atoms with Crippen LogP contribution in [0.1, 0.15) is 11.5 Å². The topological polar surface area (TPSA) is 97.5 Å². The lowest BCUT2D eigenvalue weighted by Gasteiger charge is -2.09. The van der Waals surface area contributed by atoms with Crippen molar-refractivity contribution in [3.05, 3.63) is 72.1 Å². The van der Waals surface area contributed by atoms with Crippen molar-refractivity contribution in [3.8, 4) is 5.75 Å². The highest BCUT2D eigenvalue weighted by Crippen LogP contribution is 2.20. The van der Waals surface area contributed by atoms with Crippen molar-refractivity contribution in [1.29, 1.82) is 5.41 Å². The second-order valence-corrected chi connectivity index (χ2v) is 4.84. The van der Waals surface area contributed by atoms with Gasteiger partial charge in [-0.05, 0) is 29.8 Å². The zero-order valence-electron chi connectivity index (χ0n) is 12.7. The number of allylic oxidation sites excluding steroid dienone is 1. The molecule has 0 saturated carbocycles. The Balaban J connectivity index is 2.06. The van der Waals surface area contributed by atoms with Gasteiger partial charge in [-0.25, -0.2) is 0 Å². The number of rotatable bonds is 7. The highest BCUT2D eigenvalue weighted by Gasteiger charge is 2.05. The predicted molar refractivity (Wildman–Crippen MR) is 94.5 cm³/mol. The monoisotopic (exact) mass is 308 g/mol. The molecular formula is C18H20N4O. The molecule has 0 aliphatic rings. The molecule has 5 N–H and O–H groups in total. The Morgan fingerprint density at radius 3 is 2.39 bits per heavy atom. The predicted octanol–water partition coefficient (Wildman–Crippen LogP) is 2.96. The van der Waals surface area contributed by atoms with E-state index in [0.717, 1.165) is 17.5 Å². The molecule has 2 rings (SSSR count). The van der Waals surface area contributed by atoms with E-state index < -0.39 is 0 Å². The third kappa shape index (κ3) is 4.79. The van der Waals surface area contributed by atoms with Crippen LogP contribution in [0.3, 0.4) is 0 Å². The molecule has 0 amide bonds. The first-order valence-electron chi connectivity index (χ1n) is 7.26. The van der Waals surface area contributed by atoms with Crippen molar-refractivity contribution >= 4 is 18.1 Å². The minimum atomic E-state index is 0.0804. The number of benzene rings is 2. The van der Waals surface area contributed by atoms with Gasteiger partial charge in [0, 0.05) is 24.9 Å². The van der Waals surface area contributed by atoms with Gasteiger partial charge in [-0.1, -0.05) is 30.3 Å². The Morgan fingerprint density at radius 1 is 1.13 bits per heavy atom. The molecular weight excluding hydrogens is 288 g/mol. The van der Waals surface area contributed by atoms with Crippen LogP contribution in [-0.2, 0) is 0 Å². The van der Waals surface area contributed by atoms with Gasteiger partial charge in [-0.2, -0.15) is 0 Å². The quantitative estimate of drug-likeness (QED) is 0.542. The standard InChI is InChI=1S/C18H20N4O/c19-10-15(14-4-2-1-3-5-14)13-22-16-6-8-17(9-7-16)23-18(11-20)12-21/h1-9,11-13,15,20H,10,19,21H2/b18-12+,20-11?,22-13?. The smallest absolute Gasteiger partial charge is 0.160 e. The molecule has 0 saturated heterocycles. The fraction of sp³-hybridized carbons (Fsp3) is 0.111. The summed E-state index contributed by atoms with van der Waals surface area (Å²) in [5.74, 6) is 0.966. The van der Waals surface area contributed by atoms with Crippen LogP contribution in [0.15, 0.2) is 71.5 Å². The first-order chi connectivity index (χ1) is 11.3. The molecule has 2 aromatic carbocycles. The van der Waals surface area contributed by atoms with Crippen LogP contribution in [0.5, 0.6) is 5.75 Å². The van der Waals surface area contributed by atoms with Crippen molar-refractivity contribution in [2.75, 3.05) is 6.54 Å². The number of aliphatic imine (C=N–C) groups is 1. The second kappa shape index (κ2) is 8.51. The average molecular weight is 308 g/mol. The Kier molecular flexibility index (Phi) is 6.08. The fourth-order valence-electron chi connectivity index (χ4n) is 2.01. The van der Waals surface area contributed by atoms with Crippen LogP contribution in [0.25, 0.3) is 0 Å². The molecule has 0 spiro atoms. The summed E-state index contributed by atoms with van der Waals surface area (Å²) in [5, 5.41) is 7.13. The van der Waals surface area contributed by atoms with Gasteiger partial charge in [-0.15, -0.1) is 0 Å². The summed E-state index contributed by atoms with van der Waals surface area (Å²) in [6, 6.07) is 17.3. The van der Waals surface area contributed by atoms with Crippen LogP contribution < -0.4 is 16.2 Å². The van der Waals surface area contributed by atoms with Gasteiger partial charge in [0.2, 0.25) is 0 Å². The van der Waals surface area contributed by atoms with E-state index in [-0.39, 0.29) is 11.7 Å². The normalized spacial score (nSPS) is 13.0. The molecule has 0 aliphatic carbocycles. The van der Waals surface area contributed by atoms with Crippen molar-refractivity contribution in [2.24, 2.45) is 16.5 Å². The maximum absolute atomic E-state index is 7.13. The Bertz CT molecular complexity index is 678. The summed E-state index contributed by atoms with van der Waals surface area (Å²) in [7, 11) is 0. The lowest BCUT2D eigenvalue weighted by molar-refractivity contribution is 0.455. The summed E-state index contributed by atoms with van der Waals surface area (Å²) >= 11 is 0. The van der Waals surface area contributed by atoms with Crippen molar-refractivity contribution < 1.29 is 4.74 Å². The molecule has 1 unspecified atom stereocenters. The van der Waals surface area contributed by atoms with Crippen LogP contribution in [-0.4, -0.2) is 19.0 Å². The molecule has 0 aromatic heterocycles. The van der Waals surface area contributed by atoms with Crippen LogP contribution in [0, 0.1) is 5.41 Å². The molecule has 0 heterocycles. The molecule has 5 heteroatoms. The van der Waals surface area contributed by atoms with Gasteiger partial charge in [0.1, 0.15) is 5.75 Å². The van der Waals surface area contributed by atoms with Gasteiger partial charge in [-0.3, -0.25) is 4.99 Å². The van der Waals surface area contributed by atoms with E-state index in [9.17, 15) is 0 Å². The van der Waals surface area contributed by atoms with Crippen molar-refractivity contribution in [3.63, 3.8) is 0 Å². The van der Waals surface area contributed by atoms with E-state index in [4.69, 9.17) is 21.6 Å². The molecule has 0 radical (unpaired) electrons. The van der Waals surface area contributed by atoms with E-state index in [1.807, 2.05) is 48.7 Å². The van der Waals surface area contributed by atoms with Crippen LogP contribution in [0.2, 0.25) is 0 Å². The van der Waals surface area contributed by atoms with Crippen LogP contribution >= 0.6 is 0 Å². The van der Waals surface area contributed by atoms with Gasteiger partial charge >= 0.3 is 0 Å². The highest BCUT2D eigenvalue weighted by atomic mass is 16.5. The lowest BCUT2D eigenvalue weighted by atomic mass is 10.0. The second-order valence-electron chi connectivity index (χ2n) is 4.84. The average Bonchev–Trinajstić information content (AvgIpc) is 2.62. The number of ether oxygens (including phenoxy) is 1. The van der Waals surface area contributed by atoms with Gasteiger partial charge in [0.05, 0.1) is 11.9 Å². The van der Waals surface area contributed by atoms with E-state index in [1.54, 1.807) is 12.1 Å². The number of hydrogen-bond donors (Lipinski definition) is 3. The molecule has 0 fully saturated rings. The maximum atomic E-state index is 7.13. The summed E-state index contributed by atoms with van der Waals surface area (Å²) in [6.45, 7) is 0.499. The number of nitrogens with two attached hydrogens (primary N) is 2. The summed E-state index contributed by atoms with van der Waals surface area (Å²) in [5.41, 5.74) is 13.1. The molecule has 118 valence electrons. The molecule has 23 heavy (non-hydrogen) atoms. The Hall–Kier alpha value is -2.92. The summed E-state index contributed by atoms with van der Waals surface area (Å²) in [4.78, 5) is 4.47. The third-order valence-corrected chi connectivity index (χ3v) is 3.26. The van der Waals surface area contributed by atoms with E-state index >= 15 is 0 Å². The van der Waals surface area contributed by atoms with E-state index in [1.165, 1.54) is 6.20 Å². The molecule has 0 aliphatic heterocycles. The van der Waals surface area contributed by atoms with Gasteiger partial charge in [0.15, 0.2) is 5.76 Å². The highest BCUT2D eigenvalue weighted by molar-refractivity contribution is 5.74. The van der Waals surface area contributed by atoms with Crippen molar-refractivity contribution in [1.82, 2.24) is 0 Å². The number of nitrogens with zero attached hydrogens (tertiary/aromatic N) is 1. The fourth-order valence-corrected chi connectivity index (χ4v) is 2.01. The van der Waals surface area contributed by atoms with E-state index in [0.29, 0.717) is 12.3 Å². The third-order valence-electron chi connectivity index (χ3n) is 3.26. The minimum absolute atomic E-state index is 0.0804. The molecule has 0 bridgehead atoms. The minimum Gasteiger partial charge on any atom is -0.454 e. The molecule has 2 aromatic rings.